The summed E-state index contributed by atoms with van der Waals surface area (Å²) >= 11 is 0. The average Bonchev–Trinajstić information content (AvgIpc) is 3.55. The van der Waals surface area contributed by atoms with Gasteiger partial charge in [-0.2, -0.15) is 0 Å². The summed E-state index contributed by atoms with van der Waals surface area (Å²) in [6, 6.07) is 10.0. The maximum atomic E-state index is 13.5. The number of rotatable bonds is 18. The predicted octanol–water partition coefficient (Wildman–Crippen LogP) is 4.95. The second-order valence-corrected chi connectivity index (χ2v) is 18.6. The fourth-order valence-corrected chi connectivity index (χ4v) is 6.15. The maximum absolute atomic E-state index is 13.5. The molecule has 0 unspecified atom stereocenters. The lowest BCUT2D eigenvalue weighted by Gasteiger charge is -2.15. The zero-order valence-corrected chi connectivity index (χ0v) is 30.5. The van der Waals surface area contributed by atoms with Gasteiger partial charge < -0.3 is 33.7 Å². The molecule has 0 saturated carbocycles. The number of hydrogen-bond acceptors (Lipinski definition) is 10. The molecule has 2 aromatic heterocycles. The number of carbonyl (C=O) groups excluding carboxylic acids is 5. The van der Waals surface area contributed by atoms with Gasteiger partial charge in [0, 0.05) is 44.4 Å². The quantitative estimate of drug-likeness (QED) is 0.106. The molecule has 0 fully saturated rings. The molecule has 0 aliphatic rings. The van der Waals surface area contributed by atoms with E-state index in [-0.39, 0.29) is 63.2 Å². The van der Waals surface area contributed by atoms with Crippen LogP contribution in [-0.4, -0.2) is 75.8 Å². The summed E-state index contributed by atoms with van der Waals surface area (Å²) in [7, 11) is 2.46. The van der Waals surface area contributed by atoms with Crippen LogP contribution in [0.4, 0.5) is 0 Å². The number of benzene rings is 1. The van der Waals surface area contributed by atoms with Crippen LogP contribution >= 0.6 is 0 Å². The molecule has 3 rings (SSSR count). The van der Waals surface area contributed by atoms with Crippen molar-refractivity contribution in [3.63, 3.8) is 0 Å². The third-order valence-corrected chi connectivity index (χ3v) is 9.90. The molecule has 0 atom stereocenters. The molecule has 0 radical (unpaired) electrons. The van der Waals surface area contributed by atoms with Gasteiger partial charge in [-0.05, 0) is 53.6 Å². The Bertz CT molecular complexity index is 1620. The van der Waals surface area contributed by atoms with E-state index in [1.807, 2.05) is 37.3 Å². The smallest absolute Gasteiger partial charge is 0.355 e. The first kappa shape index (κ1) is 38.8. The van der Waals surface area contributed by atoms with Gasteiger partial charge in [0.25, 0.3) is 0 Å². The zero-order chi connectivity index (χ0) is 36.1. The summed E-state index contributed by atoms with van der Waals surface area (Å²) in [6.45, 7) is 8.82. The summed E-state index contributed by atoms with van der Waals surface area (Å²) in [5.74, 6) is -2.46. The number of methoxy groups -OCH3 is 3. The van der Waals surface area contributed by atoms with Crippen LogP contribution in [0.2, 0.25) is 25.7 Å². The molecule has 1 aromatic carbocycles. The standard InChI is InChI=1S/C36H48N2O10Si/c1-23-27(19-34(42)47-17-18-49(5,6)7)25(13-15-31(39)44-2)29(37-23)21-30-28(20-33(41)46-4)26(14-16-32(40)45-3)35(38-30)36(43)48-22-24-11-9-8-10-12-24/h8-12,37-38H,13-22H2,1-7H3. The first-order valence-corrected chi connectivity index (χ1v) is 20.0. The Morgan fingerprint density at radius 3 is 1.84 bits per heavy atom. The van der Waals surface area contributed by atoms with Crippen molar-refractivity contribution in [1.82, 2.24) is 9.97 Å². The van der Waals surface area contributed by atoms with E-state index in [1.165, 1.54) is 21.3 Å². The second-order valence-electron chi connectivity index (χ2n) is 13.0. The van der Waals surface area contributed by atoms with Crippen molar-refractivity contribution in [2.24, 2.45) is 0 Å². The number of aromatic nitrogens is 2. The Balaban J connectivity index is 2.06. The Hall–Kier alpha value is -4.65. The number of H-pyrrole nitrogens is 2. The lowest BCUT2D eigenvalue weighted by molar-refractivity contribution is -0.142. The number of hydrogen-bond donors (Lipinski definition) is 2. The van der Waals surface area contributed by atoms with E-state index in [2.05, 4.69) is 29.6 Å². The van der Waals surface area contributed by atoms with Crippen molar-refractivity contribution in [2.75, 3.05) is 27.9 Å². The second kappa shape index (κ2) is 18.2. The average molecular weight is 697 g/mol. The lowest BCUT2D eigenvalue weighted by atomic mass is 9.96. The molecular formula is C36H48N2O10Si. The highest BCUT2D eigenvalue weighted by Gasteiger charge is 2.28. The Morgan fingerprint density at radius 2 is 1.24 bits per heavy atom. The Labute approximate surface area is 288 Å². The van der Waals surface area contributed by atoms with Gasteiger partial charge in [0.1, 0.15) is 12.3 Å². The van der Waals surface area contributed by atoms with Gasteiger partial charge in [-0.15, -0.1) is 0 Å². The van der Waals surface area contributed by atoms with Gasteiger partial charge in [-0.25, -0.2) is 4.79 Å². The molecule has 3 aromatic rings. The van der Waals surface area contributed by atoms with Crippen molar-refractivity contribution >= 4 is 37.9 Å². The van der Waals surface area contributed by atoms with E-state index in [0.29, 0.717) is 34.7 Å². The fourth-order valence-electron chi connectivity index (χ4n) is 5.44. The zero-order valence-electron chi connectivity index (χ0n) is 29.5. The molecule has 0 aliphatic heterocycles. The van der Waals surface area contributed by atoms with Crippen LogP contribution in [0, 0.1) is 6.92 Å². The molecule has 49 heavy (non-hydrogen) atoms. The molecule has 0 spiro atoms. The maximum Gasteiger partial charge on any atom is 0.355 e. The summed E-state index contributed by atoms with van der Waals surface area (Å²) in [4.78, 5) is 70.1. The van der Waals surface area contributed by atoms with Gasteiger partial charge in [0.2, 0.25) is 0 Å². The minimum atomic E-state index is -1.40. The normalized spacial score (nSPS) is 11.2. The van der Waals surface area contributed by atoms with E-state index in [1.54, 1.807) is 0 Å². The van der Waals surface area contributed by atoms with Crippen molar-refractivity contribution < 1.29 is 47.7 Å². The molecule has 0 bridgehead atoms. The van der Waals surface area contributed by atoms with Gasteiger partial charge in [-0.1, -0.05) is 50.0 Å². The Kier molecular flexibility index (Phi) is 14.4. The third kappa shape index (κ3) is 11.8. The van der Waals surface area contributed by atoms with Crippen molar-refractivity contribution in [3.05, 3.63) is 80.9 Å². The summed E-state index contributed by atoms with van der Waals surface area (Å²) < 4.78 is 26.0. The molecule has 13 heteroatoms. The largest absolute Gasteiger partial charge is 0.469 e. The number of aryl methyl sites for hydroxylation is 1. The minimum Gasteiger partial charge on any atom is -0.469 e. The van der Waals surface area contributed by atoms with Crippen LogP contribution in [0.15, 0.2) is 30.3 Å². The number of esters is 5. The molecular weight excluding hydrogens is 648 g/mol. The van der Waals surface area contributed by atoms with E-state index in [9.17, 15) is 24.0 Å². The van der Waals surface area contributed by atoms with E-state index < -0.39 is 32.0 Å². The highest BCUT2D eigenvalue weighted by atomic mass is 28.3. The topological polar surface area (TPSA) is 163 Å². The molecule has 2 N–H and O–H groups in total. The van der Waals surface area contributed by atoms with Crippen LogP contribution in [-0.2, 0) is 81.6 Å². The van der Waals surface area contributed by atoms with Crippen LogP contribution in [0.5, 0.6) is 0 Å². The van der Waals surface area contributed by atoms with Crippen molar-refractivity contribution in [3.8, 4) is 0 Å². The SMILES string of the molecule is COC(=O)CCc1c(Cc2[nH]c(C(=O)OCc3ccccc3)c(CCC(=O)OC)c2CC(=O)OC)[nH]c(C)c1CC(=O)OCC[Si](C)(C)C. The highest BCUT2D eigenvalue weighted by Crippen LogP contribution is 2.29. The Morgan fingerprint density at radius 1 is 0.673 bits per heavy atom. The third-order valence-electron chi connectivity index (χ3n) is 8.19. The summed E-state index contributed by atoms with van der Waals surface area (Å²) in [5, 5.41) is 0. The van der Waals surface area contributed by atoms with Gasteiger partial charge in [0.15, 0.2) is 0 Å². The van der Waals surface area contributed by atoms with Gasteiger partial charge in [-0.3, -0.25) is 19.2 Å². The monoisotopic (exact) mass is 696 g/mol. The van der Waals surface area contributed by atoms with E-state index in [0.717, 1.165) is 22.9 Å². The molecule has 12 nitrogen and oxygen atoms in total. The summed E-state index contributed by atoms with van der Waals surface area (Å²) in [6.07, 6.45) is 0.392. The number of ether oxygens (including phenoxy) is 5. The van der Waals surface area contributed by atoms with Crippen LogP contribution < -0.4 is 0 Å². The molecule has 0 amide bonds. The highest BCUT2D eigenvalue weighted by molar-refractivity contribution is 6.76. The number of aromatic amines is 2. The number of carbonyl (C=O) groups is 5. The molecule has 0 saturated heterocycles. The van der Waals surface area contributed by atoms with Crippen molar-refractivity contribution in [2.45, 2.75) is 84.2 Å². The van der Waals surface area contributed by atoms with Gasteiger partial charge in [0.05, 0.1) is 40.8 Å². The van der Waals surface area contributed by atoms with Crippen LogP contribution in [0.1, 0.15) is 68.2 Å². The number of nitrogens with one attached hydrogen (secondary N) is 2. The van der Waals surface area contributed by atoms with Crippen molar-refractivity contribution in [1.29, 1.82) is 0 Å². The molecule has 266 valence electrons. The molecule has 2 heterocycles. The fraction of sp³-hybridized carbons (Fsp3) is 0.472. The van der Waals surface area contributed by atoms with Crippen LogP contribution in [0.25, 0.3) is 0 Å². The molecule has 0 aliphatic carbocycles. The summed E-state index contributed by atoms with van der Waals surface area (Å²) in [5.41, 5.74) is 5.21. The minimum absolute atomic E-state index is 0.00568. The van der Waals surface area contributed by atoms with E-state index in [4.69, 9.17) is 23.7 Å². The predicted molar refractivity (Wildman–Crippen MR) is 184 cm³/mol. The van der Waals surface area contributed by atoms with E-state index >= 15 is 0 Å². The van der Waals surface area contributed by atoms with Crippen LogP contribution in [0.3, 0.4) is 0 Å². The first-order chi connectivity index (χ1) is 23.3. The van der Waals surface area contributed by atoms with Gasteiger partial charge >= 0.3 is 29.8 Å². The lowest BCUT2D eigenvalue weighted by Crippen LogP contribution is -2.23. The first-order valence-electron chi connectivity index (χ1n) is 16.2.